The van der Waals surface area contributed by atoms with Gasteiger partial charge in [0.25, 0.3) is 16.8 Å². The zero-order valence-electron chi connectivity index (χ0n) is 6.39. The lowest BCUT2D eigenvalue weighted by molar-refractivity contribution is -0.727. The summed E-state index contributed by atoms with van der Waals surface area (Å²) in [5.74, 6) is -2.91. The van der Waals surface area contributed by atoms with Crippen molar-refractivity contribution in [2.45, 2.75) is 6.42 Å². The Kier molecular flexibility index (Phi) is 2.22. The van der Waals surface area contributed by atoms with E-state index in [1.807, 2.05) is 0 Å². The number of nitrogens with one attached hydrogen (secondary N) is 1. The highest BCUT2D eigenvalue weighted by Crippen LogP contribution is 1.99. The van der Waals surface area contributed by atoms with Gasteiger partial charge in [-0.2, -0.15) is 0 Å². The minimum Gasteiger partial charge on any atom is -0.480 e. The van der Waals surface area contributed by atoms with Crippen molar-refractivity contribution < 1.29 is 24.5 Å². The summed E-state index contributed by atoms with van der Waals surface area (Å²) < 4.78 is 0. The van der Waals surface area contributed by atoms with Crippen molar-refractivity contribution >= 4 is 17.8 Å². The first kappa shape index (κ1) is 9.10. The van der Waals surface area contributed by atoms with Crippen LogP contribution in [0.15, 0.2) is 0 Å². The number of rotatable bonds is 2. The van der Waals surface area contributed by atoms with E-state index < -0.39 is 30.7 Å². The molecule has 0 aromatic rings. The molecule has 70 valence electrons. The van der Waals surface area contributed by atoms with Crippen LogP contribution in [0.2, 0.25) is 0 Å². The molecule has 1 aliphatic rings. The number of carboxylic acids is 1. The Morgan fingerprint density at radius 3 is 2.69 bits per heavy atom. The predicted molar refractivity (Wildman–Crippen MR) is 35.7 cm³/mol. The molecule has 0 unspecified atom stereocenters. The number of hydrogen-bond donors (Lipinski definition) is 2. The van der Waals surface area contributed by atoms with Crippen LogP contribution >= 0.6 is 0 Å². The molecule has 0 atom stereocenters. The second-order valence-corrected chi connectivity index (χ2v) is 2.33. The molecular formula is C5H6N3O5+. The van der Waals surface area contributed by atoms with Crippen LogP contribution in [0, 0.1) is 4.91 Å². The Labute approximate surface area is 71.6 Å². The van der Waals surface area contributed by atoms with Crippen LogP contribution in [0.4, 0.5) is 0 Å². The number of amides is 2. The zero-order chi connectivity index (χ0) is 10.0. The van der Waals surface area contributed by atoms with Gasteiger partial charge >= 0.3 is 5.97 Å². The van der Waals surface area contributed by atoms with Crippen molar-refractivity contribution in [3.8, 4) is 0 Å². The van der Waals surface area contributed by atoms with Gasteiger partial charge in [-0.25, -0.2) is 0 Å². The van der Waals surface area contributed by atoms with Crippen molar-refractivity contribution in [2.75, 3.05) is 6.54 Å². The van der Waals surface area contributed by atoms with Gasteiger partial charge in [-0.05, 0) is 5.01 Å². The molecule has 0 aromatic heterocycles. The summed E-state index contributed by atoms with van der Waals surface area (Å²) in [4.78, 5) is 42.2. The van der Waals surface area contributed by atoms with Crippen LogP contribution in [0.25, 0.3) is 0 Å². The first-order valence-corrected chi connectivity index (χ1v) is 3.29. The van der Waals surface area contributed by atoms with Gasteiger partial charge in [-0.15, -0.1) is 0 Å². The fourth-order valence-electron chi connectivity index (χ4n) is 0.817. The molecule has 2 amide bonds. The fourth-order valence-corrected chi connectivity index (χ4v) is 0.817. The largest absolute Gasteiger partial charge is 0.480 e. The molecule has 0 aliphatic carbocycles. The molecule has 0 bridgehead atoms. The topological polar surface area (TPSA) is 107 Å². The fraction of sp³-hybridized carbons (Fsp3) is 0.400. The number of aliphatic carboxylic acids is 1. The third-order valence-corrected chi connectivity index (χ3v) is 1.32. The standard InChI is InChI=1S/C5H5N3O5/c9-3-1-4(10)7(2-5(11)12)8(13)6-3/h1-2H2,(H-,6,9,11,12,13)/p+1. The number of nitroso groups, excluding NO2 is 1. The lowest BCUT2D eigenvalue weighted by atomic mass is 10.3. The molecule has 1 fully saturated rings. The Hall–Kier alpha value is -1.99. The van der Waals surface area contributed by atoms with E-state index in [1.54, 1.807) is 5.43 Å². The summed E-state index contributed by atoms with van der Waals surface area (Å²) in [7, 11) is 0. The van der Waals surface area contributed by atoms with Crippen LogP contribution in [0.3, 0.4) is 0 Å². The first-order chi connectivity index (χ1) is 6.00. The number of carbonyl (C=O) groups excluding carboxylic acids is 2. The van der Waals surface area contributed by atoms with E-state index in [9.17, 15) is 19.3 Å². The molecule has 0 radical (unpaired) electrons. The van der Waals surface area contributed by atoms with Crippen LogP contribution in [0.1, 0.15) is 6.42 Å². The Bertz CT molecular complexity index is 279. The summed E-state index contributed by atoms with van der Waals surface area (Å²) in [6.07, 6.45) is -0.508. The van der Waals surface area contributed by atoms with Gasteiger partial charge in [-0.1, -0.05) is 5.43 Å². The summed E-state index contributed by atoms with van der Waals surface area (Å²) in [6, 6.07) is 0. The van der Waals surface area contributed by atoms with Gasteiger partial charge < -0.3 is 5.11 Å². The molecule has 0 saturated carbocycles. The van der Waals surface area contributed by atoms with E-state index in [2.05, 4.69) is 0 Å². The monoisotopic (exact) mass is 188 g/mol. The predicted octanol–water partition coefficient (Wildman–Crippen LogP) is -1.97. The van der Waals surface area contributed by atoms with Crippen molar-refractivity contribution in [1.29, 1.82) is 0 Å². The van der Waals surface area contributed by atoms with Gasteiger partial charge in [0.05, 0.1) is 4.91 Å². The van der Waals surface area contributed by atoms with Crippen molar-refractivity contribution in [2.24, 2.45) is 0 Å². The summed E-state index contributed by atoms with van der Waals surface area (Å²) >= 11 is 0. The minimum atomic E-state index is -1.33. The first-order valence-electron chi connectivity index (χ1n) is 3.29. The third-order valence-electron chi connectivity index (χ3n) is 1.32. The minimum absolute atomic E-state index is 0.178. The van der Waals surface area contributed by atoms with Gasteiger partial charge in [0.2, 0.25) is 0 Å². The van der Waals surface area contributed by atoms with Crippen molar-refractivity contribution in [3.63, 3.8) is 0 Å². The maximum Gasteiger partial charge on any atom is 0.329 e. The van der Waals surface area contributed by atoms with E-state index in [-0.39, 0.29) is 4.98 Å². The summed E-state index contributed by atoms with van der Waals surface area (Å²) in [6.45, 7) is -0.761. The molecular weight excluding hydrogens is 182 g/mol. The van der Waals surface area contributed by atoms with E-state index >= 15 is 0 Å². The maximum atomic E-state index is 10.9. The molecule has 13 heavy (non-hydrogen) atoms. The normalized spacial score (nSPS) is 17.2. The van der Waals surface area contributed by atoms with E-state index in [4.69, 9.17) is 5.11 Å². The van der Waals surface area contributed by atoms with Crippen molar-refractivity contribution in [3.05, 3.63) is 4.91 Å². The quantitative estimate of drug-likeness (QED) is 0.386. The number of nitrogens with zero attached hydrogens (tertiary/aromatic N) is 2. The van der Waals surface area contributed by atoms with Crippen molar-refractivity contribution in [1.82, 2.24) is 10.4 Å². The second-order valence-electron chi connectivity index (χ2n) is 2.33. The molecule has 1 heterocycles. The molecule has 2 N–H and O–H groups in total. The molecule has 0 spiro atoms. The number of carboxylic acid groups (broad SMARTS) is 1. The van der Waals surface area contributed by atoms with E-state index in [0.29, 0.717) is 5.01 Å². The number of hydrazine groups is 2. The highest BCUT2D eigenvalue weighted by Gasteiger charge is 2.39. The molecule has 8 nitrogen and oxygen atoms in total. The Balaban J connectivity index is 2.73. The van der Waals surface area contributed by atoms with Gasteiger partial charge in [-0.3, -0.25) is 14.4 Å². The van der Waals surface area contributed by atoms with E-state index in [1.165, 1.54) is 0 Å². The lowest BCUT2D eigenvalue weighted by Crippen LogP contribution is -2.55. The summed E-state index contributed by atoms with van der Waals surface area (Å²) in [5.41, 5.74) is 1.75. The Morgan fingerprint density at radius 1 is 1.62 bits per heavy atom. The smallest absolute Gasteiger partial charge is 0.329 e. The third kappa shape index (κ3) is 1.98. The second kappa shape index (κ2) is 3.17. The molecule has 8 heteroatoms. The van der Waals surface area contributed by atoms with Gasteiger partial charge in [0.15, 0.2) is 6.54 Å². The van der Waals surface area contributed by atoms with Gasteiger partial charge in [0.1, 0.15) is 6.42 Å². The molecule has 1 rings (SSSR count). The summed E-state index contributed by atoms with van der Waals surface area (Å²) in [5, 5.41) is 8.69. The van der Waals surface area contributed by atoms with Crippen LogP contribution in [-0.4, -0.2) is 39.4 Å². The number of carbonyl (C=O) groups is 3. The van der Waals surface area contributed by atoms with E-state index in [0.717, 1.165) is 0 Å². The Morgan fingerprint density at radius 2 is 2.23 bits per heavy atom. The zero-order valence-corrected chi connectivity index (χ0v) is 6.39. The maximum absolute atomic E-state index is 10.9. The average molecular weight is 188 g/mol. The SMILES string of the molecule is O=C(O)CN1C(=O)CC(=O)N[N+]1=O. The lowest BCUT2D eigenvalue weighted by Gasteiger charge is -2.12. The van der Waals surface area contributed by atoms with Gasteiger partial charge in [0, 0.05) is 0 Å². The van der Waals surface area contributed by atoms with Crippen LogP contribution in [-0.2, 0) is 14.4 Å². The van der Waals surface area contributed by atoms with Crippen LogP contribution < -0.4 is 5.43 Å². The van der Waals surface area contributed by atoms with Crippen LogP contribution in [0.5, 0.6) is 0 Å². The molecule has 1 saturated heterocycles. The molecule has 0 aromatic carbocycles. The highest BCUT2D eigenvalue weighted by atomic mass is 16.4. The highest BCUT2D eigenvalue weighted by molar-refractivity contribution is 5.97. The number of hydrogen-bond acceptors (Lipinski definition) is 4. The average Bonchev–Trinajstić information content (AvgIpc) is 1.96. The molecule has 1 aliphatic heterocycles.